The van der Waals surface area contributed by atoms with E-state index in [1.165, 1.54) is 54.1 Å². The number of fused-ring (bicyclic) bond motifs is 18. The Morgan fingerprint density at radius 1 is 0.202 bits per heavy atom. The second-order valence-electron chi connectivity index (χ2n) is 26.1. The van der Waals surface area contributed by atoms with E-state index in [4.69, 9.17) is 6.58 Å². The average molecular weight is 1260 g/mol. The van der Waals surface area contributed by atoms with Crippen LogP contribution in [0.3, 0.4) is 0 Å². The zero-order valence-corrected chi connectivity index (χ0v) is 54.1. The van der Waals surface area contributed by atoms with Crippen LogP contribution in [0.1, 0.15) is 11.1 Å². The number of benzene rings is 14. The van der Waals surface area contributed by atoms with Gasteiger partial charge < -0.3 is 22.8 Å². The topological polar surface area (TPSA) is 24.6 Å². The van der Waals surface area contributed by atoms with E-state index in [0.29, 0.717) is 0 Å². The molecule has 5 aromatic heterocycles. The number of para-hydroxylation sites is 10. The van der Waals surface area contributed by atoms with Crippen LogP contribution in [0.15, 0.2) is 359 Å². The van der Waals surface area contributed by atoms with E-state index in [-0.39, 0.29) is 0 Å². The van der Waals surface area contributed by atoms with E-state index < -0.39 is 0 Å². The molecule has 19 aromatic rings. The standard InChI is InChI=1S/C94H61N5/c1-60-27-5-3-4-6-28-61(2)77-57-63(51-54-68(77)67-30-8-7-29-65(60)67)78-58-62(52-55-87(78)96-86-46-22-15-37-75(86)79-59-64(53-56-88(79)96)95-80-40-16-9-31-69(80)70-32-10-17-41-81(70)95)66-38-25-49-91-93(66)76-39-26-50-92(98-84-44-20-13-35-73(84)74-36-14-21-45-85(74)98)94(76)99(91)90-48-24-23-47-89(90)97-82-42-18-11-33-71(82)72-34-12-19-43-83(72)97/h3-59H,1-2H2/b4-3?,27-5?,28-6-. The van der Waals surface area contributed by atoms with Gasteiger partial charge in [0, 0.05) is 65.1 Å². The Kier molecular flexibility index (Phi) is 12.6. The van der Waals surface area contributed by atoms with Gasteiger partial charge in [-0.1, -0.05) is 256 Å². The largest absolute Gasteiger partial charge is 0.309 e. The van der Waals surface area contributed by atoms with Gasteiger partial charge in [-0.3, -0.25) is 0 Å². The van der Waals surface area contributed by atoms with E-state index in [9.17, 15) is 0 Å². The summed E-state index contributed by atoms with van der Waals surface area (Å²) in [6.07, 6.45) is 12.5. The summed E-state index contributed by atoms with van der Waals surface area (Å²) in [6.45, 7) is 9.41. The summed E-state index contributed by atoms with van der Waals surface area (Å²) in [4.78, 5) is 0. The quantitative estimate of drug-likeness (QED) is 0.152. The van der Waals surface area contributed by atoms with Crippen molar-refractivity contribution in [2.75, 3.05) is 0 Å². The predicted octanol–water partition coefficient (Wildman–Crippen LogP) is 24.9. The van der Waals surface area contributed by atoms with Crippen LogP contribution in [0.2, 0.25) is 0 Å². The van der Waals surface area contributed by atoms with Gasteiger partial charge in [-0.15, -0.1) is 0 Å². The molecule has 0 amide bonds. The Bertz CT molecular complexity index is 6610. The zero-order chi connectivity index (χ0) is 65.4. The van der Waals surface area contributed by atoms with Crippen LogP contribution < -0.4 is 0 Å². The lowest BCUT2D eigenvalue weighted by molar-refractivity contribution is 1.08. The van der Waals surface area contributed by atoms with Crippen molar-refractivity contribution in [2.45, 2.75) is 0 Å². The monoisotopic (exact) mass is 1260 g/mol. The van der Waals surface area contributed by atoms with Crippen molar-refractivity contribution in [3.63, 3.8) is 0 Å². The fourth-order valence-corrected chi connectivity index (χ4v) is 16.5. The summed E-state index contributed by atoms with van der Waals surface area (Å²) in [5, 5.41) is 12.0. The lowest BCUT2D eigenvalue weighted by Crippen LogP contribution is -2.05. The van der Waals surface area contributed by atoms with Crippen LogP contribution in [-0.4, -0.2) is 22.8 Å². The van der Waals surface area contributed by atoms with Crippen molar-refractivity contribution >= 4 is 120 Å². The Balaban J connectivity index is 0.875. The molecule has 0 saturated heterocycles. The van der Waals surface area contributed by atoms with Gasteiger partial charge in [-0.05, 0) is 153 Å². The van der Waals surface area contributed by atoms with Gasteiger partial charge in [0.2, 0.25) is 0 Å². The van der Waals surface area contributed by atoms with Gasteiger partial charge in [-0.2, -0.15) is 0 Å². The van der Waals surface area contributed by atoms with Crippen molar-refractivity contribution in [1.82, 2.24) is 22.8 Å². The second-order valence-corrected chi connectivity index (χ2v) is 26.1. The van der Waals surface area contributed by atoms with Crippen LogP contribution in [0.25, 0.3) is 182 Å². The van der Waals surface area contributed by atoms with Crippen molar-refractivity contribution < 1.29 is 0 Å². The average Bonchev–Trinajstić information content (AvgIpc) is 1.56. The molecule has 1 aliphatic rings. The van der Waals surface area contributed by atoms with Crippen molar-refractivity contribution in [2.24, 2.45) is 0 Å². The molecule has 0 atom stereocenters. The first-order valence-electron chi connectivity index (χ1n) is 34.0. The molecule has 99 heavy (non-hydrogen) atoms. The van der Waals surface area contributed by atoms with Gasteiger partial charge in [0.05, 0.1) is 77.9 Å². The Morgan fingerprint density at radius 3 is 1.15 bits per heavy atom. The molecule has 5 nitrogen and oxygen atoms in total. The number of hydrogen-bond acceptors (Lipinski definition) is 0. The Morgan fingerprint density at radius 2 is 0.576 bits per heavy atom. The first-order chi connectivity index (χ1) is 49.0. The molecular formula is C94H61N5. The lowest BCUT2D eigenvalue weighted by atomic mass is 9.86. The van der Waals surface area contributed by atoms with E-state index in [0.717, 1.165) is 139 Å². The fraction of sp³-hybridized carbons (Fsp3) is 0. The maximum atomic E-state index is 4.82. The van der Waals surface area contributed by atoms with E-state index in [1.54, 1.807) is 0 Å². The Hall–Kier alpha value is -13.2. The smallest absolute Gasteiger partial charge is 0.0783 e. The minimum Gasteiger partial charge on any atom is -0.309 e. The SMILES string of the molecule is C=C1C=CC=C/C=C\C(=C)c2cc(-c3cc(-c4cccc5c4c4cccc(-n6c7ccccc7c7ccccc76)c4n5-c4ccccc4-n4c5ccccc5c5ccccc54)ccc3-n3c4ccccc4c4cc(-n5c6ccccc6c6ccccc65)ccc43)ccc2-c2ccccc21. The molecule has 0 saturated carbocycles. The van der Waals surface area contributed by atoms with Gasteiger partial charge in [0.25, 0.3) is 0 Å². The lowest BCUT2D eigenvalue weighted by Gasteiger charge is -2.20. The highest BCUT2D eigenvalue weighted by Crippen LogP contribution is 2.48. The number of rotatable bonds is 7. The first kappa shape index (κ1) is 56.2. The molecule has 0 spiro atoms. The van der Waals surface area contributed by atoms with Crippen LogP contribution in [0.4, 0.5) is 0 Å². The molecule has 20 rings (SSSR count). The van der Waals surface area contributed by atoms with E-state index in [1.807, 2.05) is 0 Å². The van der Waals surface area contributed by atoms with Gasteiger partial charge in [0.15, 0.2) is 0 Å². The molecule has 1 aliphatic carbocycles. The third-order valence-electron chi connectivity index (χ3n) is 20.8. The van der Waals surface area contributed by atoms with Crippen LogP contribution in [0.5, 0.6) is 0 Å². The summed E-state index contributed by atoms with van der Waals surface area (Å²) in [5.74, 6) is 0. The zero-order valence-electron chi connectivity index (χ0n) is 54.1. The van der Waals surface area contributed by atoms with Gasteiger partial charge in [0.1, 0.15) is 0 Å². The number of nitrogens with zero attached hydrogens (tertiary/aromatic N) is 5. The van der Waals surface area contributed by atoms with Crippen molar-refractivity contribution in [3.8, 4) is 61.8 Å². The minimum atomic E-state index is 0.909. The molecule has 5 heteroatoms. The fourth-order valence-electron chi connectivity index (χ4n) is 16.5. The molecule has 0 unspecified atom stereocenters. The summed E-state index contributed by atoms with van der Waals surface area (Å²) in [5.41, 5.74) is 27.4. The Labute approximate surface area is 571 Å². The van der Waals surface area contributed by atoms with Crippen LogP contribution >= 0.6 is 0 Å². The molecule has 0 aliphatic heterocycles. The van der Waals surface area contributed by atoms with E-state index >= 15 is 0 Å². The van der Waals surface area contributed by atoms with Crippen molar-refractivity contribution in [3.05, 3.63) is 370 Å². The highest BCUT2D eigenvalue weighted by Gasteiger charge is 2.27. The summed E-state index contributed by atoms with van der Waals surface area (Å²) in [7, 11) is 0. The number of allylic oxidation sites excluding steroid dienone is 8. The second kappa shape index (κ2) is 22.2. The highest BCUT2D eigenvalue weighted by atomic mass is 15.1. The highest BCUT2D eigenvalue weighted by molar-refractivity contribution is 6.20. The molecule has 462 valence electrons. The normalized spacial score (nSPS) is 13.1. The molecular weight excluding hydrogens is 1200 g/mol. The molecule has 0 N–H and O–H groups in total. The third-order valence-corrected chi connectivity index (χ3v) is 20.8. The molecule has 0 bridgehead atoms. The van der Waals surface area contributed by atoms with Gasteiger partial charge in [-0.25, -0.2) is 0 Å². The van der Waals surface area contributed by atoms with Crippen LogP contribution in [0, 0.1) is 0 Å². The molecule has 0 radical (unpaired) electrons. The third kappa shape index (κ3) is 8.48. The maximum absolute atomic E-state index is 4.82. The van der Waals surface area contributed by atoms with Gasteiger partial charge >= 0.3 is 0 Å². The first-order valence-corrected chi connectivity index (χ1v) is 34.0. The molecule has 5 heterocycles. The minimum absolute atomic E-state index is 0.909. The molecule has 14 aromatic carbocycles. The van der Waals surface area contributed by atoms with Crippen molar-refractivity contribution in [1.29, 1.82) is 0 Å². The summed E-state index contributed by atoms with van der Waals surface area (Å²) < 4.78 is 12.5. The van der Waals surface area contributed by atoms with E-state index in [2.05, 4.69) is 375 Å². The predicted molar refractivity (Wildman–Crippen MR) is 420 cm³/mol. The summed E-state index contributed by atoms with van der Waals surface area (Å²) in [6, 6.07) is 115. The molecule has 0 fully saturated rings. The summed E-state index contributed by atoms with van der Waals surface area (Å²) >= 11 is 0. The number of hydrogen-bond donors (Lipinski definition) is 0. The number of aromatic nitrogens is 5. The maximum Gasteiger partial charge on any atom is 0.0783 e. The van der Waals surface area contributed by atoms with Crippen LogP contribution in [-0.2, 0) is 0 Å².